The molecule has 10 heteroatoms. The van der Waals surface area contributed by atoms with Crippen LogP contribution in [0.1, 0.15) is 40.5 Å². The average molecular weight is 434 g/mol. The molecule has 0 bridgehead atoms. The number of aryl methyl sites for hydroxylation is 1. The summed E-state index contributed by atoms with van der Waals surface area (Å²) in [4.78, 5) is 23.9. The molecular weight excluding hydrogens is 416 g/mol. The van der Waals surface area contributed by atoms with Gasteiger partial charge in [0, 0.05) is 24.6 Å². The average Bonchev–Trinajstić information content (AvgIpc) is 2.67. The van der Waals surface area contributed by atoms with E-state index in [1.165, 1.54) is 31.3 Å². The van der Waals surface area contributed by atoms with Crippen LogP contribution >= 0.6 is 0 Å². The van der Waals surface area contributed by atoms with E-state index in [2.05, 4.69) is 19.6 Å². The number of nitrogens with zero attached hydrogens (tertiary/aromatic N) is 3. The smallest absolute Gasteiger partial charge is 0.425 e. The molecule has 1 aromatic heterocycles. The Morgan fingerprint density at radius 2 is 2.10 bits per heavy atom. The second-order valence-electron chi connectivity index (χ2n) is 7.46. The maximum Gasteiger partial charge on any atom is 0.425 e. The SMILES string of the molecule is [C-]#[N+]c1cnc(C(=O)Cc2ccc(F)c([C@]3(C)C[C@@H](C(F)(F)F)OC(N)=N3)c2)c(C)c1. The number of benzene rings is 1. The molecule has 6 nitrogen and oxygen atoms in total. The number of ether oxygens (including phenoxy) is 1. The number of carbonyl (C=O) groups is 1. The van der Waals surface area contributed by atoms with Gasteiger partial charge in [0.25, 0.3) is 6.02 Å². The molecule has 0 amide bonds. The van der Waals surface area contributed by atoms with E-state index in [9.17, 15) is 22.4 Å². The predicted molar refractivity (Wildman–Crippen MR) is 104 cm³/mol. The second-order valence-corrected chi connectivity index (χ2v) is 7.46. The second kappa shape index (κ2) is 7.98. The number of rotatable bonds is 4. The number of halogens is 4. The van der Waals surface area contributed by atoms with Crippen LogP contribution < -0.4 is 5.73 Å². The maximum absolute atomic E-state index is 14.6. The van der Waals surface area contributed by atoms with Gasteiger partial charge >= 0.3 is 6.18 Å². The van der Waals surface area contributed by atoms with E-state index in [4.69, 9.17) is 12.3 Å². The van der Waals surface area contributed by atoms with Crippen molar-refractivity contribution in [1.82, 2.24) is 4.98 Å². The monoisotopic (exact) mass is 434 g/mol. The van der Waals surface area contributed by atoms with Crippen LogP contribution in [0.15, 0.2) is 35.5 Å². The first kappa shape index (κ1) is 22.2. The number of hydrogen-bond donors (Lipinski definition) is 1. The third kappa shape index (κ3) is 4.66. The van der Waals surface area contributed by atoms with Gasteiger partial charge in [-0.25, -0.2) is 14.2 Å². The van der Waals surface area contributed by atoms with Gasteiger partial charge in [-0.15, -0.1) is 0 Å². The van der Waals surface area contributed by atoms with Crippen LogP contribution in [0.25, 0.3) is 4.85 Å². The first-order valence-corrected chi connectivity index (χ1v) is 9.18. The zero-order valence-corrected chi connectivity index (χ0v) is 16.6. The Morgan fingerprint density at radius 3 is 2.71 bits per heavy atom. The molecule has 1 aliphatic rings. The molecule has 2 aromatic rings. The van der Waals surface area contributed by atoms with Gasteiger partial charge in [-0.2, -0.15) is 13.2 Å². The number of alkyl halides is 3. The largest absolute Gasteiger partial charge is 0.452 e. The van der Waals surface area contributed by atoms with Gasteiger partial charge in [-0.05, 0) is 43.2 Å². The highest BCUT2D eigenvalue weighted by Gasteiger charge is 2.50. The van der Waals surface area contributed by atoms with Crippen molar-refractivity contribution in [2.24, 2.45) is 10.7 Å². The van der Waals surface area contributed by atoms with Gasteiger partial charge < -0.3 is 10.5 Å². The van der Waals surface area contributed by atoms with E-state index in [0.717, 1.165) is 6.07 Å². The third-order valence-corrected chi connectivity index (χ3v) is 5.00. The summed E-state index contributed by atoms with van der Waals surface area (Å²) >= 11 is 0. The van der Waals surface area contributed by atoms with E-state index in [1.807, 2.05) is 0 Å². The molecule has 0 spiro atoms. The van der Waals surface area contributed by atoms with Crippen molar-refractivity contribution in [3.63, 3.8) is 0 Å². The van der Waals surface area contributed by atoms with Crippen molar-refractivity contribution in [2.75, 3.05) is 0 Å². The zero-order chi connectivity index (χ0) is 23.0. The van der Waals surface area contributed by atoms with Crippen molar-refractivity contribution in [3.05, 3.63) is 70.1 Å². The number of amidine groups is 1. The van der Waals surface area contributed by atoms with Gasteiger partial charge in [0.05, 0.1) is 12.1 Å². The number of carbonyl (C=O) groups excluding carboxylic acids is 1. The lowest BCUT2D eigenvalue weighted by molar-refractivity contribution is -0.208. The third-order valence-electron chi connectivity index (χ3n) is 5.00. The maximum atomic E-state index is 14.6. The number of Topliss-reactive ketones (excluding diaryl/α,β-unsaturated/α-hetero) is 1. The fraction of sp³-hybridized carbons (Fsp3) is 0.333. The molecule has 162 valence electrons. The molecule has 1 aromatic carbocycles. The quantitative estimate of drug-likeness (QED) is 0.440. The van der Waals surface area contributed by atoms with Gasteiger partial charge in [0.15, 0.2) is 11.9 Å². The molecule has 31 heavy (non-hydrogen) atoms. The van der Waals surface area contributed by atoms with Crippen molar-refractivity contribution in [3.8, 4) is 0 Å². The number of ketones is 1. The van der Waals surface area contributed by atoms with E-state index in [1.54, 1.807) is 6.92 Å². The Morgan fingerprint density at radius 1 is 1.39 bits per heavy atom. The summed E-state index contributed by atoms with van der Waals surface area (Å²) in [7, 11) is 0. The van der Waals surface area contributed by atoms with E-state index >= 15 is 0 Å². The fourth-order valence-electron chi connectivity index (χ4n) is 3.49. The molecule has 0 saturated carbocycles. The molecule has 0 saturated heterocycles. The lowest BCUT2D eigenvalue weighted by Crippen LogP contribution is -2.46. The van der Waals surface area contributed by atoms with Crippen LogP contribution in [0.5, 0.6) is 0 Å². The topological polar surface area (TPSA) is 81.9 Å². The van der Waals surface area contributed by atoms with Gasteiger partial charge in [0.1, 0.15) is 11.5 Å². The van der Waals surface area contributed by atoms with E-state index in [-0.39, 0.29) is 23.5 Å². The van der Waals surface area contributed by atoms with Crippen molar-refractivity contribution < 1.29 is 27.1 Å². The van der Waals surface area contributed by atoms with Gasteiger partial charge in [0.2, 0.25) is 5.69 Å². The van der Waals surface area contributed by atoms with Crippen LogP contribution in [0, 0.1) is 19.3 Å². The Balaban J connectivity index is 1.93. The summed E-state index contributed by atoms with van der Waals surface area (Å²) in [6.07, 6.45) is -6.47. The van der Waals surface area contributed by atoms with Crippen molar-refractivity contribution in [1.29, 1.82) is 0 Å². The molecule has 0 fully saturated rings. The first-order chi connectivity index (χ1) is 14.4. The molecule has 0 unspecified atom stereocenters. The Kier molecular flexibility index (Phi) is 5.72. The standard InChI is InChI=1S/C21H18F4N4O2/c1-11-6-13(27-3)10-28-18(11)16(30)8-12-4-5-15(22)14(7-12)20(2)9-17(21(23,24)25)31-19(26)29-20/h4-7,10,17H,8-9H2,1-2H3,(H2,26,29)/t17-,20-/m0/s1. The highest BCUT2D eigenvalue weighted by molar-refractivity contribution is 5.97. The van der Waals surface area contributed by atoms with Crippen LogP contribution in [0.4, 0.5) is 23.2 Å². The highest BCUT2D eigenvalue weighted by Crippen LogP contribution is 2.41. The number of hydrogen-bond acceptors (Lipinski definition) is 5. The number of aromatic nitrogens is 1. The minimum absolute atomic E-state index is 0.119. The number of nitrogens with two attached hydrogens (primary N) is 1. The Bertz CT molecular complexity index is 1110. The van der Waals surface area contributed by atoms with Crippen LogP contribution in [0.2, 0.25) is 0 Å². The summed E-state index contributed by atoms with van der Waals surface area (Å²) in [5, 5.41) is 0. The zero-order valence-electron chi connectivity index (χ0n) is 16.6. The van der Waals surface area contributed by atoms with E-state index < -0.39 is 36.1 Å². The Labute approximate surface area is 175 Å². The van der Waals surface area contributed by atoms with E-state index in [0.29, 0.717) is 16.8 Å². The molecule has 3 rings (SSSR count). The molecule has 2 heterocycles. The molecule has 0 radical (unpaired) electrons. The first-order valence-electron chi connectivity index (χ1n) is 9.18. The summed E-state index contributed by atoms with van der Waals surface area (Å²) in [6.45, 7) is 9.96. The fourth-order valence-corrected chi connectivity index (χ4v) is 3.49. The number of aliphatic imine (C=N–C) groups is 1. The molecular formula is C21H18F4N4O2. The summed E-state index contributed by atoms with van der Waals surface area (Å²) in [6, 6.07) is 4.61. The lowest BCUT2D eigenvalue weighted by Gasteiger charge is -2.36. The molecule has 2 atom stereocenters. The van der Waals surface area contributed by atoms with Crippen molar-refractivity contribution in [2.45, 2.75) is 44.5 Å². The van der Waals surface area contributed by atoms with Crippen molar-refractivity contribution >= 4 is 17.5 Å². The van der Waals surface area contributed by atoms with Crippen LogP contribution in [-0.2, 0) is 16.7 Å². The predicted octanol–water partition coefficient (Wildman–Crippen LogP) is 4.39. The lowest BCUT2D eigenvalue weighted by atomic mass is 9.84. The Hall–Kier alpha value is -3.48. The summed E-state index contributed by atoms with van der Waals surface area (Å²) in [5.41, 5.74) is 5.04. The van der Waals surface area contributed by atoms with Gasteiger partial charge in [-0.3, -0.25) is 9.78 Å². The molecule has 2 N–H and O–H groups in total. The summed E-state index contributed by atoms with van der Waals surface area (Å²) in [5.74, 6) is -1.14. The summed E-state index contributed by atoms with van der Waals surface area (Å²) < 4.78 is 58.8. The minimum atomic E-state index is -4.70. The molecule has 0 aliphatic carbocycles. The number of pyridine rings is 1. The molecule has 1 aliphatic heterocycles. The van der Waals surface area contributed by atoms with Gasteiger partial charge in [-0.1, -0.05) is 6.07 Å². The van der Waals surface area contributed by atoms with Crippen LogP contribution in [-0.4, -0.2) is 29.1 Å². The van der Waals surface area contributed by atoms with Crippen LogP contribution in [0.3, 0.4) is 0 Å². The highest BCUT2D eigenvalue weighted by atomic mass is 19.4. The normalized spacial score (nSPS) is 21.1. The minimum Gasteiger partial charge on any atom is -0.452 e.